The highest BCUT2D eigenvalue weighted by Gasteiger charge is 1.91. The van der Waals surface area contributed by atoms with Crippen molar-refractivity contribution in [1.29, 1.82) is 0 Å². The summed E-state index contributed by atoms with van der Waals surface area (Å²) in [7, 11) is 0. The van der Waals surface area contributed by atoms with Crippen LogP contribution in [0.3, 0.4) is 0 Å². The summed E-state index contributed by atoms with van der Waals surface area (Å²) in [6.07, 6.45) is 1.01. The molecule has 1 N–H and O–H groups in total. The number of ether oxygens (including phenoxy) is 1. The van der Waals surface area contributed by atoms with E-state index in [1.54, 1.807) is 0 Å². The van der Waals surface area contributed by atoms with Crippen LogP contribution in [0.15, 0.2) is 24.3 Å². The molecule has 0 aliphatic rings. The average molecular weight is 190 g/mol. The van der Waals surface area contributed by atoms with Gasteiger partial charge in [-0.05, 0) is 30.7 Å². The lowest BCUT2D eigenvalue weighted by atomic mass is 10.2. The maximum Gasteiger partial charge on any atom is 0.119 e. The van der Waals surface area contributed by atoms with Crippen molar-refractivity contribution in [2.75, 3.05) is 13.2 Å². The molecule has 0 radical (unpaired) electrons. The number of hydrogen-bond acceptors (Lipinski definition) is 2. The summed E-state index contributed by atoms with van der Waals surface area (Å²) in [5.41, 5.74) is 0.892. The summed E-state index contributed by atoms with van der Waals surface area (Å²) in [5.74, 6) is 6.28. The Morgan fingerprint density at radius 3 is 2.57 bits per heavy atom. The molecule has 2 nitrogen and oxygen atoms in total. The van der Waals surface area contributed by atoms with Crippen LogP contribution in [0, 0.1) is 11.8 Å². The van der Waals surface area contributed by atoms with Crippen molar-refractivity contribution in [3.8, 4) is 17.6 Å². The Labute approximate surface area is 84.5 Å². The fraction of sp³-hybridized carbons (Fsp3) is 0.333. The van der Waals surface area contributed by atoms with Crippen molar-refractivity contribution in [2.45, 2.75) is 13.3 Å². The van der Waals surface area contributed by atoms with Gasteiger partial charge in [-0.1, -0.05) is 18.8 Å². The third kappa shape index (κ3) is 3.51. The van der Waals surface area contributed by atoms with E-state index in [4.69, 9.17) is 9.84 Å². The molecule has 0 saturated carbocycles. The van der Waals surface area contributed by atoms with E-state index in [2.05, 4.69) is 18.8 Å². The Morgan fingerprint density at radius 2 is 2.00 bits per heavy atom. The molecule has 14 heavy (non-hydrogen) atoms. The molecule has 0 spiro atoms. The first-order chi connectivity index (χ1) is 6.86. The minimum Gasteiger partial charge on any atom is -0.494 e. The van der Waals surface area contributed by atoms with Crippen molar-refractivity contribution in [3.63, 3.8) is 0 Å². The highest BCUT2D eigenvalue weighted by Crippen LogP contribution is 2.11. The Balaban J connectivity index is 2.59. The van der Waals surface area contributed by atoms with E-state index >= 15 is 0 Å². The van der Waals surface area contributed by atoms with Crippen LogP contribution in [0.1, 0.15) is 18.9 Å². The van der Waals surface area contributed by atoms with E-state index in [1.165, 1.54) is 0 Å². The van der Waals surface area contributed by atoms with Gasteiger partial charge >= 0.3 is 0 Å². The largest absolute Gasteiger partial charge is 0.494 e. The fourth-order valence-corrected chi connectivity index (χ4v) is 0.996. The lowest BCUT2D eigenvalue weighted by molar-refractivity contribution is 0.317. The maximum absolute atomic E-state index is 8.50. The third-order valence-corrected chi connectivity index (χ3v) is 1.64. The first-order valence-corrected chi connectivity index (χ1v) is 4.69. The quantitative estimate of drug-likeness (QED) is 0.737. The van der Waals surface area contributed by atoms with Crippen LogP contribution in [-0.4, -0.2) is 18.3 Å². The van der Waals surface area contributed by atoms with Crippen molar-refractivity contribution in [3.05, 3.63) is 29.8 Å². The molecule has 1 aromatic rings. The number of hydrogen-bond donors (Lipinski definition) is 1. The molecule has 0 aliphatic carbocycles. The summed E-state index contributed by atoms with van der Waals surface area (Å²) in [6, 6.07) is 7.54. The van der Waals surface area contributed by atoms with E-state index in [0.29, 0.717) is 0 Å². The van der Waals surface area contributed by atoms with Crippen molar-refractivity contribution < 1.29 is 9.84 Å². The monoisotopic (exact) mass is 190 g/mol. The van der Waals surface area contributed by atoms with E-state index in [9.17, 15) is 0 Å². The highest BCUT2D eigenvalue weighted by atomic mass is 16.5. The zero-order chi connectivity index (χ0) is 10.2. The Bertz CT molecular complexity index is 316. The highest BCUT2D eigenvalue weighted by molar-refractivity contribution is 5.38. The van der Waals surface area contributed by atoms with Crippen LogP contribution in [0.5, 0.6) is 5.75 Å². The minimum absolute atomic E-state index is 0.103. The lowest BCUT2D eigenvalue weighted by Crippen LogP contribution is -1.94. The summed E-state index contributed by atoms with van der Waals surface area (Å²) in [5, 5.41) is 8.50. The molecule has 0 heterocycles. The molecule has 0 fully saturated rings. The first-order valence-electron chi connectivity index (χ1n) is 4.69. The maximum atomic E-state index is 8.50. The van der Waals surface area contributed by atoms with Crippen LogP contribution in [0.2, 0.25) is 0 Å². The Morgan fingerprint density at radius 1 is 1.29 bits per heavy atom. The van der Waals surface area contributed by atoms with Gasteiger partial charge in [0.05, 0.1) is 6.61 Å². The molecule has 0 saturated heterocycles. The zero-order valence-corrected chi connectivity index (χ0v) is 8.29. The predicted molar refractivity (Wildman–Crippen MR) is 56.2 cm³/mol. The molecular weight excluding hydrogens is 176 g/mol. The molecule has 0 aromatic heterocycles. The second kappa shape index (κ2) is 6.06. The SMILES string of the molecule is CCCOc1ccc(C#CCO)cc1. The normalized spacial score (nSPS) is 9.00. The van der Waals surface area contributed by atoms with Crippen LogP contribution in [0.4, 0.5) is 0 Å². The topological polar surface area (TPSA) is 29.5 Å². The molecule has 0 aliphatic heterocycles. The van der Waals surface area contributed by atoms with Crippen molar-refractivity contribution >= 4 is 0 Å². The second-order valence-corrected chi connectivity index (χ2v) is 2.83. The second-order valence-electron chi connectivity index (χ2n) is 2.83. The van der Waals surface area contributed by atoms with Gasteiger partial charge < -0.3 is 9.84 Å². The van der Waals surface area contributed by atoms with E-state index in [-0.39, 0.29) is 6.61 Å². The van der Waals surface area contributed by atoms with Crippen LogP contribution < -0.4 is 4.74 Å². The smallest absolute Gasteiger partial charge is 0.119 e. The van der Waals surface area contributed by atoms with E-state index in [1.807, 2.05) is 24.3 Å². The van der Waals surface area contributed by atoms with Gasteiger partial charge in [0.1, 0.15) is 12.4 Å². The van der Waals surface area contributed by atoms with Crippen molar-refractivity contribution in [1.82, 2.24) is 0 Å². The third-order valence-electron chi connectivity index (χ3n) is 1.64. The number of aliphatic hydroxyl groups is 1. The Hall–Kier alpha value is -1.46. The van der Waals surface area contributed by atoms with Gasteiger partial charge in [-0.25, -0.2) is 0 Å². The number of aliphatic hydroxyl groups excluding tert-OH is 1. The number of benzene rings is 1. The average Bonchev–Trinajstić information content (AvgIpc) is 2.25. The molecular formula is C12H14O2. The van der Waals surface area contributed by atoms with E-state index < -0.39 is 0 Å². The predicted octanol–water partition coefficient (Wildman–Crippen LogP) is 1.82. The zero-order valence-electron chi connectivity index (χ0n) is 8.29. The Kier molecular flexibility index (Phi) is 4.60. The fourth-order valence-electron chi connectivity index (χ4n) is 0.996. The van der Waals surface area contributed by atoms with Crippen LogP contribution in [0.25, 0.3) is 0 Å². The van der Waals surface area contributed by atoms with Crippen LogP contribution in [-0.2, 0) is 0 Å². The summed E-state index contributed by atoms with van der Waals surface area (Å²) < 4.78 is 5.42. The lowest BCUT2D eigenvalue weighted by Gasteiger charge is -2.03. The summed E-state index contributed by atoms with van der Waals surface area (Å²) >= 11 is 0. The molecule has 1 aromatic carbocycles. The van der Waals surface area contributed by atoms with E-state index in [0.717, 1.165) is 24.3 Å². The molecule has 1 rings (SSSR count). The standard InChI is InChI=1S/C12H14O2/c1-2-10-14-12-7-5-11(6-8-12)4-3-9-13/h5-8,13H,2,9-10H2,1H3. The molecule has 2 heteroatoms. The molecule has 0 amide bonds. The van der Waals surface area contributed by atoms with Gasteiger partial charge in [-0.3, -0.25) is 0 Å². The molecule has 74 valence electrons. The molecule has 0 unspecified atom stereocenters. The van der Waals surface area contributed by atoms with Gasteiger partial charge in [-0.2, -0.15) is 0 Å². The summed E-state index contributed by atoms with van der Waals surface area (Å²) in [4.78, 5) is 0. The van der Waals surface area contributed by atoms with Gasteiger partial charge in [0, 0.05) is 5.56 Å². The van der Waals surface area contributed by atoms with Gasteiger partial charge in [0.2, 0.25) is 0 Å². The number of rotatable bonds is 3. The minimum atomic E-state index is -0.103. The first kappa shape index (κ1) is 10.6. The van der Waals surface area contributed by atoms with Gasteiger partial charge in [0.25, 0.3) is 0 Å². The van der Waals surface area contributed by atoms with Gasteiger partial charge in [-0.15, -0.1) is 0 Å². The molecule has 0 atom stereocenters. The molecule has 0 bridgehead atoms. The van der Waals surface area contributed by atoms with Gasteiger partial charge in [0.15, 0.2) is 0 Å². The van der Waals surface area contributed by atoms with Crippen molar-refractivity contribution in [2.24, 2.45) is 0 Å². The van der Waals surface area contributed by atoms with Crippen LogP contribution >= 0.6 is 0 Å². The summed E-state index contributed by atoms with van der Waals surface area (Å²) in [6.45, 7) is 2.71.